The Labute approximate surface area is 202 Å². The second-order valence-electron chi connectivity index (χ2n) is 8.62. The average molecular weight is 474 g/mol. The number of nitrogens with zero attached hydrogens (tertiary/aromatic N) is 1. The SMILES string of the molecule is O=C(c1cccc(O)c1)c1c(-c2ccc(OCCN3CCCCC3)cc2)c2ccccc2[s+]1[O-]. The third kappa shape index (κ3) is 4.57. The summed E-state index contributed by atoms with van der Waals surface area (Å²) in [6, 6.07) is 21.2. The number of hydrogen-bond donors (Lipinski definition) is 1. The zero-order valence-electron chi connectivity index (χ0n) is 18.9. The summed E-state index contributed by atoms with van der Waals surface area (Å²) >= 11 is 0. The van der Waals surface area contributed by atoms with Gasteiger partial charge in [-0.15, -0.1) is 0 Å². The van der Waals surface area contributed by atoms with Crippen molar-refractivity contribution in [2.24, 2.45) is 0 Å². The number of ketones is 1. The van der Waals surface area contributed by atoms with Gasteiger partial charge in [0.25, 0.3) is 0 Å². The van der Waals surface area contributed by atoms with Crippen LogP contribution in [0.5, 0.6) is 11.5 Å². The van der Waals surface area contributed by atoms with Crippen LogP contribution < -0.4 is 4.74 Å². The molecular weight excluding hydrogens is 446 g/mol. The summed E-state index contributed by atoms with van der Waals surface area (Å²) in [5.74, 6) is 0.428. The molecule has 1 unspecified atom stereocenters. The second kappa shape index (κ2) is 9.97. The molecule has 6 heteroatoms. The van der Waals surface area contributed by atoms with E-state index in [4.69, 9.17) is 4.74 Å². The number of hydrogen-bond acceptors (Lipinski definition) is 5. The van der Waals surface area contributed by atoms with Gasteiger partial charge in [0.1, 0.15) is 18.1 Å². The number of fused-ring (bicyclic) bond motifs is 1. The molecule has 1 fully saturated rings. The predicted molar refractivity (Wildman–Crippen MR) is 135 cm³/mol. The molecule has 4 aromatic rings. The number of aromatic hydroxyl groups is 1. The van der Waals surface area contributed by atoms with E-state index >= 15 is 0 Å². The smallest absolute Gasteiger partial charge is 0.245 e. The topological polar surface area (TPSA) is 72.8 Å². The highest BCUT2D eigenvalue weighted by Crippen LogP contribution is 2.45. The first kappa shape index (κ1) is 22.6. The van der Waals surface area contributed by atoms with Gasteiger partial charge < -0.3 is 14.4 Å². The summed E-state index contributed by atoms with van der Waals surface area (Å²) in [6.07, 6.45) is 3.84. The molecule has 1 atom stereocenters. The molecule has 0 aliphatic carbocycles. The van der Waals surface area contributed by atoms with Gasteiger partial charge in [0.05, 0.1) is 5.56 Å². The number of ether oxygens (including phenoxy) is 1. The third-order valence-electron chi connectivity index (χ3n) is 6.35. The van der Waals surface area contributed by atoms with Gasteiger partial charge in [0, 0.05) is 17.5 Å². The Morgan fingerprint density at radius 3 is 2.50 bits per heavy atom. The van der Waals surface area contributed by atoms with Gasteiger partial charge >= 0.3 is 0 Å². The highest BCUT2D eigenvalue weighted by atomic mass is 32.2. The fourth-order valence-corrected chi connectivity index (χ4v) is 6.11. The van der Waals surface area contributed by atoms with E-state index in [1.54, 1.807) is 18.2 Å². The summed E-state index contributed by atoms with van der Waals surface area (Å²) in [4.78, 5) is 16.1. The second-order valence-corrected chi connectivity index (χ2v) is 10.0. The van der Waals surface area contributed by atoms with Crippen molar-refractivity contribution in [1.82, 2.24) is 4.90 Å². The van der Waals surface area contributed by atoms with Crippen LogP contribution in [0.4, 0.5) is 0 Å². The molecule has 0 radical (unpaired) electrons. The molecule has 2 heterocycles. The predicted octanol–water partition coefficient (Wildman–Crippen LogP) is 6.04. The Kier molecular flexibility index (Phi) is 6.63. The lowest BCUT2D eigenvalue weighted by atomic mass is 9.98. The molecule has 0 spiro atoms. The minimum Gasteiger partial charge on any atom is -0.590 e. The Hall–Kier alpha value is -3.19. The van der Waals surface area contributed by atoms with Crippen LogP contribution in [0.25, 0.3) is 21.2 Å². The van der Waals surface area contributed by atoms with Crippen LogP contribution in [0.2, 0.25) is 0 Å². The van der Waals surface area contributed by atoms with E-state index in [1.807, 2.05) is 42.5 Å². The highest BCUT2D eigenvalue weighted by molar-refractivity contribution is 7.33. The maximum absolute atomic E-state index is 13.4. The van der Waals surface area contributed by atoms with Crippen LogP contribution in [-0.4, -0.2) is 46.6 Å². The first-order chi connectivity index (χ1) is 16.6. The maximum Gasteiger partial charge on any atom is 0.245 e. The van der Waals surface area contributed by atoms with E-state index in [-0.39, 0.29) is 16.4 Å². The number of thiophene rings is 1. The fraction of sp³-hybridized carbons (Fsp3) is 0.250. The van der Waals surface area contributed by atoms with Crippen molar-refractivity contribution in [2.45, 2.75) is 19.3 Å². The lowest BCUT2D eigenvalue weighted by Gasteiger charge is -2.26. The lowest BCUT2D eigenvalue weighted by molar-refractivity contribution is 0.104. The average Bonchev–Trinajstić information content (AvgIpc) is 3.17. The molecule has 0 saturated carbocycles. The Morgan fingerprint density at radius 1 is 0.971 bits per heavy atom. The van der Waals surface area contributed by atoms with E-state index in [1.165, 1.54) is 31.4 Å². The number of likely N-dealkylation sites (tertiary alicyclic amines) is 1. The van der Waals surface area contributed by atoms with Crippen molar-refractivity contribution in [1.29, 1.82) is 0 Å². The summed E-state index contributed by atoms with van der Waals surface area (Å²) in [7, 11) is -1.60. The van der Waals surface area contributed by atoms with E-state index in [9.17, 15) is 14.5 Å². The van der Waals surface area contributed by atoms with Gasteiger partial charge in [-0.2, -0.15) is 0 Å². The lowest BCUT2D eigenvalue weighted by Crippen LogP contribution is -2.33. The van der Waals surface area contributed by atoms with Crippen molar-refractivity contribution >= 4 is 26.6 Å². The number of piperidine rings is 1. The Balaban J connectivity index is 1.44. The van der Waals surface area contributed by atoms with Gasteiger partial charge in [-0.3, -0.25) is 9.69 Å². The molecule has 3 aromatic carbocycles. The van der Waals surface area contributed by atoms with Crippen LogP contribution in [0.3, 0.4) is 0 Å². The molecule has 5 rings (SSSR count). The largest absolute Gasteiger partial charge is 0.590 e. The minimum absolute atomic E-state index is 0.000323. The molecule has 174 valence electrons. The summed E-state index contributed by atoms with van der Waals surface area (Å²) in [5, 5.41) is 10.6. The number of benzene rings is 3. The number of carbonyl (C=O) groups is 1. The molecular formula is C28H27NO4S. The van der Waals surface area contributed by atoms with E-state index < -0.39 is 10.8 Å². The summed E-state index contributed by atoms with van der Waals surface area (Å²) in [5.41, 5.74) is 1.79. The van der Waals surface area contributed by atoms with Crippen LogP contribution in [0.15, 0.2) is 72.8 Å². The number of phenolic OH excluding ortho intramolecular Hbond substituents is 1. The van der Waals surface area contributed by atoms with Crippen LogP contribution in [0.1, 0.15) is 34.5 Å². The molecule has 1 saturated heterocycles. The normalized spacial score (nSPS) is 14.9. The van der Waals surface area contributed by atoms with Crippen molar-refractivity contribution in [2.75, 3.05) is 26.2 Å². The number of phenols is 1. The molecule has 1 aliphatic heterocycles. The monoisotopic (exact) mass is 473 g/mol. The molecule has 1 N–H and O–H groups in total. The summed E-state index contributed by atoms with van der Waals surface area (Å²) in [6.45, 7) is 3.84. The van der Waals surface area contributed by atoms with Gasteiger partial charge in [0.2, 0.25) is 10.7 Å². The third-order valence-corrected chi connectivity index (χ3v) is 7.87. The summed E-state index contributed by atoms with van der Waals surface area (Å²) < 4.78 is 20.0. The highest BCUT2D eigenvalue weighted by Gasteiger charge is 2.30. The zero-order chi connectivity index (χ0) is 23.5. The van der Waals surface area contributed by atoms with Gasteiger partial charge in [-0.05, 0) is 78.6 Å². The van der Waals surface area contributed by atoms with Crippen molar-refractivity contribution in [3.8, 4) is 22.6 Å². The van der Waals surface area contributed by atoms with E-state index in [0.717, 1.165) is 36.3 Å². The maximum atomic E-state index is 13.4. The van der Waals surface area contributed by atoms with Crippen LogP contribution in [0, 0.1) is 0 Å². The standard InChI is InChI=1S/C28H27NO4S/c30-22-8-6-7-21(19-22)27(31)28-26(24-9-2-3-10-25(24)34(28)32)20-11-13-23(14-12-20)33-18-17-29-15-4-1-5-16-29/h2-3,6-14,19,30H,1,4-5,15-18H2. The fourth-order valence-electron chi connectivity index (χ4n) is 4.62. The van der Waals surface area contributed by atoms with Crippen molar-refractivity contribution in [3.05, 3.63) is 83.2 Å². The molecule has 5 nitrogen and oxygen atoms in total. The Bertz CT molecular complexity index is 1310. The van der Waals surface area contributed by atoms with E-state index in [2.05, 4.69) is 4.90 Å². The van der Waals surface area contributed by atoms with E-state index in [0.29, 0.717) is 22.4 Å². The van der Waals surface area contributed by atoms with Gasteiger partial charge in [0.15, 0.2) is 4.70 Å². The molecule has 0 amide bonds. The molecule has 1 aliphatic rings. The van der Waals surface area contributed by atoms with Crippen molar-refractivity contribution in [3.63, 3.8) is 0 Å². The number of rotatable bonds is 7. The first-order valence-electron chi connectivity index (χ1n) is 11.7. The molecule has 34 heavy (non-hydrogen) atoms. The first-order valence-corrected chi connectivity index (χ1v) is 12.8. The van der Waals surface area contributed by atoms with Crippen molar-refractivity contribution < 1.29 is 19.2 Å². The van der Waals surface area contributed by atoms with Gasteiger partial charge in [-0.25, -0.2) is 0 Å². The van der Waals surface area contributed by atoms with Gasteiger partial charge in [-0.1, -0.05) is 42.8 Å². The molecule has 0 bridgehead atoms. The molecule has 1 aromatic heterocycles. The minimum atomic E-state index is -1.60. The van der Waals surface area contributed by atoms with Crippen LogP contribution in [-0.2, 0) is 0 Å². The quantitative estimate of drug-likeness (QED) is 0.262. The zero-order valence-corrected chi connectivity index (χ0v) is 19.7. The van der Waals surface area contributed by atoms with Crippen LogP contribution >= 0.6 is 10.8 Å². The number of carbonyl (C=O) groups excluding carboxylic acids is 1. The Morgan fingerprint density at radius 2 is 1.74 bits per heavy atom.